The molecule has 0 fully saturated rings. The van der Waals surface area contributed by atoms with Gasteiger partial charge in [-0.3, -0.25) is 0 Å². The Morgan fingerprint density at radius 1 is 1.16 bits per heavy atom. The zero-order valence-corrected chi connectivity index (χ0v) is 11.7. The van der Waals surface area contributed by atoms with Crippen molar-refractivity contribution in [3.8, 4) is 6.07 Å². The first-order valence-corrected chi connectivity index (χ1v) is 6.15. The normalized spacial score (nSPS) is 10.1. The number of halogens is 1. The van der Waals surface area contributed by atoms with E-state index in [1.165, 1.54) is 0 Å². The van der Waals surface area contributed by atoms with Crippen molar-refractivity contribution < 1.29 is 0 Å². The molecule has 0 radical (unpaired) electrons. The second-order valence-corrected chi connectivity index (χ2v) is 4.59. The van der Waals surface area contributed by atoms with Gasteiger partial charge in [0.15, 0.2) is 0 Å². The van der Waals surface area contributed by atoms with Crippen molar-refractivity contribution in [1.82, 2.24) is 9.97 Å². The van der Waals surface area contributed by atoms with E-state index in [1.807, 2.05) is 31.0 Å². The van der Waals surface area contributed by atoms with Crippen molar-refractivity contribution in [2.45, 2.75) is 13.8 Å². The van der Waals surface area contributed by atoms with Crippen LogP contribution in [0.5, 0.6) is 0 Å². The van der Waals surface area contributed by atoms with Crippen LogP contribution in [0.3, 0.4) is 0 Å². The fraction of sp³-hybridized carbons (Fsp3) is 0.214. The first-order valence-electron chi connectivity index (χ1n) is 5.77. The number of aromatic nitrogens is 2. The van der Waals surface area contributed by atoms with E-state index in [0.717, 1.165) is 17.1 Å². The number of hydrogen-bond acceptors (Lipinski definition) is 4. The maximum Gasteiger partial charge on any atom is 0.140 e. The van der Waals surface area contributed by atoms with Gasteiger partial charge in [0.2, 0.25) is 0 Å². The Morgan fingerprint density at radius 2 is 1.79 bits per heavy atom. The van der Waals surface area contributed by atoms with Gasteiger partial charge in [0.1, 0.15) is 16.8 Å². The number of rotatable bonds is 2. The van der Waals surface area contributed by atoms with Crippen LogP contribution in [0.1, 0.15) is 17.0 Å². The van der Waals surface area contributed by atoms with Crippen LogP contribution >= 0.6 is 11.6 Å². The minimum atomic E-state index is 0.461. The van der Waals surface area contributed by atoms with E-state index in [0.29, 0.717) is 16.5 Å². The molecule has 4 nitrogen and oxygen atoms in total. The van der Waals surface area contributed by atoms with Crippen molar-refractivity contribution in [2.75, 3.05) is 11.9 Å². The highest BCUT2D eigenvalue weighted by atomic mass is 35.5. The van der Waals surface area contributed by atoms with Crippen LogP contribution in [0.2, 0.25) is 5.15 Å². The summed E-state index contributed by atoms with van der Waals surface area (Å²) in [5.74, 6) is 1.40. The van der Waals surface area contributed by atoms with Crippen molar-refractivity contribution >= 4 is 23.1 Å². The fourth-order valence-electron chi connectivity index (χ4n) is 1.79. The maximum absolute atomic E-state index is 8.80. The summed E-state index contributed by atoms with van der Waals surface area (Å²) >= 11 is 6.08. The molecule has 0 bridgehead atoms. The summed E-state index contributed by atoms with van der Waals surface area (Å²) in [4.78, 5) is 10.5. The van der Waals surface area contributed by atoms with Crippen LogP contribution in [-0.4, -0.2) is 17.0 Å². The number of anilines is 2. The monoisotopic (exact) mass is 272 g/mol. The lowest BCUT2D eigenvalue weighted by atomic mass is 10.2. The van der Waals surface area contributed by atoms with Gasteiger partial charge < -0.3 is 4.90 Å². The van der Waals surface area contributed by atoms with Gasteiger partial charge in [-0.2, -0.15) is 5.26 Å². The Morgan fingerprint density at radius 3 is 2.37 bits per heavy atom. The van der Waals surface area contributed by atoms with Gasteiger partial charge in [-0.25, -0.2) is 9.97 Å². The molecule has 1 aromatic heterocycles. The molecule has 0 saturated carbocycles. The Labute approximate surface area is 117 Å². The number of nitrogens with zero attached hydrogens (tertiary/aromatic N) is 4. The van der Waals surface area contributed by atoms with Gasteiger partial charge in [0.05, 0.1) is 11.6 Å². The van der Waals surface area contributed by atoms with Crippen LogP contribution in [0.15, 0.2) is 24.3 Å². The minimum absolute atomic E-state index is 0.461. The molecule has 0 N–H and O–H groups in total. The first-order chi connectivity index (χ1) is 9.02. The highest BCUT2D eigenvalue weighted by Crippen LogP contribution is 2.28. The number of aryl methyl sites for hydroxylation is 1. The van der Waals surface area contributed by atoms with Crippen molar-refractivity contribution in [1.29, 1.82) is 5.26 Å². The highest BCUT2D eigenvalue weighted by molar-refractivity contribution is 6.30. The molecule has 0 atom stereocenters. The first kappa shape index (κ1) is 13.3. The lowest BCUT2D eigenvalue weighted by molar-refractivity contribution is 0.992. The average molecular weight is 273 g/mol. The molecule has 0 saturated heterocycles. The topological polar surface area (TPSA) is 52.8 Å². The molecule has 0 aliphatic rings. The molecule has 19 heavy (non-hydrogen) atoms. The van der Waals surface area contributed by atoms with Gasteiger partial charge in [0.25, 0.3) is 0 Å². The van der Waals surface area contributed by atoms with Gasteiger partial charge in [-0.05, 0) is 38.1 Å². The van der Waals surface area contributed by atoms with E-state index in [4.69, 9.17) is 16.9 Å². The number of benzene rings is 1. The predicted octanol–water partition coefficient (Wildman–Crippen LogP) is 3.39. The Hall–Kier alpha value is -2.12. The number of nitriles is 1. The zero-order valence-electron chi connectivity index (χ0n) is 11.0. The number of hydrogen-bond donors (Lipinski definition) is 0. The molecule has 0 amide bonds. The third-order valence-electron chi connectivity index (χ3n) is 2.87. The zero-order chi connectivity index (χ0) is 14.0. The standard InChI is InChI=1S/C14H13ClN4/c1-9-13(15)17-10(2)18-14(9)19(3)12-6-4-11(8-16)5-7-12/h4-7H,1-3H3. The largest absolute Gasteiger partial charge is 0.329 e. The van der Waals surface area contributed by atoms with E-state index in [2.05, 4.69) is 16.0 Å². The van der Waals surface area contributed by atoms with Crippen molar-refractivity contribution in [3.63, 3.8) is 0 Å². The van der Waals surface area contributed by atoms with Gasteiger partial charge in [-0.1, -0.05) is 11.6 Å². The minimum Gasteiger partial charge on any atom is -0.329 e. The van der Waals surface area contributed by atoms with Crippen LogP contribution in [0, 0.1) is 25.2 Å². The summed E-state index contributed by atoms with van der Waals surface area (Å²) in [5, 5.41) is 9.26. The van der Waals surface area contributed by atoms with Crippen LogP contribution in [0.25, 0.3) is 0 Å². The van der Waals surface area contributed by atoms with Gasteiger partial charge in [-0.15, -0.1) is 0 Å². The predicted molar refractivity (Wildman–Crippen MR) is 75.7 cm³/mol. The molecule has 96 valence electrons. The van der Waals surface area contributed by atoms with Crippen molar-refractivity contribution in [3.05, 3.63) is 46.4 Å². The molecular weight excluding hydrogens is 260 g/mol. The molecule has 1 heterocycles. The van der Waals surface area contributed by atoms with E-state index < -0.39 is 0 Å². The van der Waals surface area contributed by atoms with E-state index in [9.17, 15) is 0 Å². The highest BCUT2D eigenvalue weighted by Gasteiger charge is 2.13. The summed E-state index contributed by atoms with van der Waals surface area (Å²) in [6, 6.07) is 9.40. The van der Waals surface area contributed by atoms with Crippen LogP contribution in [-0.2, 0) is 0 Å². The third-order valence-corrected chi connectivity index (χ3v) is 3.24. The molecular formula is C14H13ClN4. The molecule has 0 unspecified atom stereocenters. The molecule has 2 rings (SSSR count). The third kappa shape index (κ3) is 2.67. The fourth-order valence-corrected chi connectivity index (χ4v) is 2.00. The van der Waals surface area contributed by atoms with Crippen LogP contribution < -0.4 is 4.90 Å². The average Bonchev–Trinajstić information content (AvgIpc) is 2.42. The lowest BCUT2D eigenvalue weighted by Crippen LogP contribution is -2.14. The second-order valence-electron chi connectivity index (χ2n) is 4.23. The summed E-state index contributed by atoms with van der Waals surface area (Å²) in [6.45, 7) is 3.69. The quantitative estimate of drug-likeness (QED) is 0.787. The summed E-state index contributed by atoms with van der Waals surface area (Å²) in [6.07, 6.45) is 0. The van der Waals surface area contributed by atoms with Gasteiger partial charge >= 0.3 is 0 Å². The van der Waals surface area contributed by atoms with Crippen LogP contribution in [0.4, 0.5) is 11.5 Å². The second kappa shape index (κ2) is 5.25. The summed E-state index contributed by atoms with van der Waals surface area (Å²) in [5.41, 5.74) is 2.40. The Kier molecular flexibility index (Phi) is 3.68. The van der Waals surface area contributed by atoms with E-state index >= 15 is 0 Å². The van der Waals surface area contributed by atoms with E-state index in [-0.39, 0.29) is 0 Å². The lowest BCUT2D eigenvalue weighted by Gasteiger charge is -2.21. The Bertz CT molecular complexity index is 644. The molecule has 0 aliphatic carbocycles. The SMILES string of the molecule is Cc1nc(Cl)c(C)c(N(C)c2ccc(C#N)cc2)n1. The maximum atomic E-state index is 8.80. The van der Waals surface area contributed by atoms with E-state index in [1.54, 1.807) is 19.1 Å². The Balaban J connectivity index is 2.43. The van der Waals surface area contributed by atoms with Gasteiger partial charge in [0, 0.05) is 18.3 Å². The van der Waals surface area contributed by atoms with Crippen molar-refractivity contribution in [2.24, 2.45) is 0 Å². The molecule has 0 aliphatic heterocycles. The summed E-state index contributed by atoms with van der Waals surface area (Å²) < 4.78 is 0. The smallest absolute Gasteiger partial charge is 0.140 e. The molecule has 5 heteroatoms. The molecule has 2 aromatic rings. The summed E-state index contributed by atoms with van der Waals surface area (Å²) in [7, 11) is 1.91. The molecule has 0 spiro atoms. The molecule has 1 aromatic carbocycles.